The smallest absolute Gasteiger partial charge is 0.329 e. The summed E-state index contributed by atoms with van der Waals surface area (Å²) in [7, 11) is 3.14. The molecule has 0 spiro atoms. The average molecular weight is 240 g/mol. The van der Waals surface area contributed by atoms with E-state index in [1.165, 1.54) is 0 Å². The Morgan fingerprint density at radius 2 is 2.00 bits per heavy atom. The Hall–Kier alpha value is -1.75. The molecule has 0 aromatic heterocycles. The lowest BCUT2D eigenvalue weighted by Crippen LogP contribution is -2.07. The van der Waals surface area contributed by atoms with E-state index in [4.69, 9.17) is 19.3 Å². The minimum Gasteiger partial charge on any atom is -0.496 e. The van der Waals surface area contributed by atoms with Crippen LogP contribution in [0.25, 0.3) is 0 Å². The summed E-state index contributed by atoms with van der Waals surface area (Å²) in [5, 5.41) is 8.48. The van der Waals surface area contributed by atoms with Crippen LogP contribution in [0.15, 0.2) is 12.1 Å². The van der Waals surface area contributed by atoms with Crippen LogP contribution >= 0.6 is 0 Å². The largest absolute Gasteiger partial charge is 0.496 e. The Morgan fingerprint density at radius 3 is 2.53 bits per heavy atom. The molecule has 1 N–H and O–H groups in total. The maximum absolute atomic E-state index is 10.3. The third-order valence-electron chi connectivity index (χ3n) is 2.34. The number of carboxylic acid groups (broad SMARTS) is 1. The molecule has 0 saturated carbocycles. The van der Waals surface area contributed by atoms with Gasteiger partial charge in [0.15, 0.2) is 0 Å². The Labute approximate surface area is 99.9 Å². The number of methoxy groups -OCH3 is 2. The Balaban J connectivity index is 2.85. The summed E-state index contributed by atoms with van der Waals surface area (Å²) < 4.78 is 15.5. The summed E-state index contributed by atoms with van der Waals surface area (Å²) in [6, 6.07) is 3.60. The molecule has 0 bridgehead atoms. The van der Waals surface area contributed by atoms with Crippen LogP contribution in [0.4, 0.5) is 0 Å². The molecule has 5 heteroatoms. The van der Waals surface area contributed by atoms with Crippen molar-refractivity contribution < 1.29 is 24.1 Å². The molecule has 0 heterocycles. The first kappa shape index (κ1) is 13.3. The molecule has 1 rings (SSSR count). The number of hydrogen-bond acceptors (Lipinski definition) is 4. The Kier molecular flexibility index (Phi) is 4.78. The van der Waals surface area contributed by atoms with Gasteiger partial charge < -0.3 is 19.3 Å². The van der Waals surface area contributed by atoms with Crippen LogP contribution in [-0.2, 0) is 16.1 Å². The van der Waals surface area contributed by atoms with Gasteiger partial charge in [-0.15, -0.1) is 0 Å². The van der Waals surface area contributed by atoms with Crippen molar-refractivity contribution in [2.45, 2.75) is 13.5 Å². The minimum atomic E-state index is -0.991. The van der Waals surface area contributed by atoms with Crippen molar-refractivity contribution in [1.29, 1.82) is 0 Å². The molecule has 0 aliphatic rings. The van der Waals surface area contributed by atoms with Gasteiger partial charge in [0.1, 0.15) is 18.1 Å². The van der Waals surface area contributed by atoms with Crippen LogP contribution in [0.2, 0.25) is 0 Å². The number of benzene rings is 1. The van der Waals surface area contributed by atoms with Crippen molar-refractivity contribution in [3.63, 3.8) is 0 Å². The number of ether oxygens (including phenoxy) is 3. The molecule has 0 aliphatic heterocycles. The first-order valence-electron chi connectivity index (χ1n) is 5.10. The highest BCUT2D eigenvalue weighted by Crippen LogP contribution is 2.31. The van der Waals surface area contributed by atoms with E-state index in [1.54, 1.807) is 26.4 Å². The van der Waals surface area contributed by atoms with Crippen LogP contribution in [-0.4, -0.2) is 31.9 Å². The summed E-state index contributed by atoms with van der Waals surface area (Å²) >= 11 is 0. The molecule has 94 valence electrons. The maximum Gasteiger partial charge on any atom is 0.329 e. The molecule has 0 fully saturated rings. The normalized spacial score (nSPS) is 10.1. The van der Waals surface area contributed by atoms with Gasteiger partial charge in [-0.3, -0.25) is 0 Å². The van der Waals surface area contributed by atoms with Crippen molar-refractivity contribution in [2.75, 3.05) is 20.8 Å². The zero-order valence-corrected chi connectivity index (χ0v) is 10.1. The highest BCUT2D eigenvalue weighted by Gasteiger charge is 2.11. The van der Waals surface area contributed by atoms with E-state index in [0.717, 1.165) is 16.9 Å². The lowest BCUT2D eigenvalue weighted by molar-refractivity contribution is -0.142. The summed E-state index contributed by atoms with van der Waals surface area (Å²) in [4.78, 5) is 10.3. The van der Waals surface area contributed by atoms with Crippen molar-refractivity contribution in [2.24, 2.45) is 0 Å². The first-order chi connectivity index (χ1) is 8.10. The molecule has 0 unspecified atom stereocenters. The Bertz CT molecular complexity index is 400. The van der Waals surface area contributed by atoms with Crippen molar-refractivity contribution in [3.8, 4) is 11.5 Å². The lowest BCUT2D eigenvalue weighted by Gasteiger charge is -2.14. The van der Waals surface area contributed by atoms with Crippen molar-refractivity contribution in [3.05, 3.63) is 23.3 Å². The van der Waals surface area contributed by atoms with Gasteiger partial charge in [-0.2, -0.15) is 0 Å². The van der Waals surface area contributed by atoms with Gasteiger partial charge >= 0.3 is 5.97 Å². The van der Waals surface area contributed by atoms with E-state index in [1.807, 2.05) is 6.92 Å². The second kappa shape index (κ2) is 6.10. The van der Waals surface area contributed by atoms with Gasteiger partial charge in [0.25, 0.3) is 0 Å². The second-order valence-electron chi connectivity index (χ2n) is 3.47. The predicted molar refractivity (Wildman–Crippen MR) is 61.6 cm³/mol. The van der Waals surface area contributed by atoms with E-state index in [9.17, 15) is 4.79 Å². The minimum absolute atomic E-state index is 0.195. The number of carboxylic acids is 1. The molecule has 1 aromatic carbocycles. The standard InChI is InChI=1S/C12H16O5/c1-8-10(15-2)5-4-9(12(8)16-3)6-17-7-11(13)14/h4-5H,6-7H2,1-3H3,(H,13,14). The van der Waals surface area contributed by atoms with E-state index < -0.39 is 5.97 Å². The average Bonchev–Trinajstić information content (AvgIpc) is 2.29. The highest BCUT2D eigenvalue weighted by molar-refractivity contribution is 5.68. The number of aliphatic carboxylic acids is 1. The van der Waals surface area contributed by atoms with Gasteiger partial charge in [0.05, 0.1) is 20.8 Å². The summed E-state index contributed by atoms with van der Waals surface area (Å²) in [5.41, 5.74) is 1.67. The summed E-state index contributed by atoms with van der Waals surface area (Å²) in [6.45, 7) is 1.74. The molecule has 0 radical (unpaired) electrons. The number of hydrogen-bond donors (Lipinski definition) is 1. The molecule has 0 amide bonds. The molecular weight excluding hydrogens is 224 g/mol. The molecule has 1 aromatic rings. The monoisotopic (exact) mass is 240 g/mol. The van der Waals surface area contributed by atoms with Crippen LogP contribution in [0.3, 0.4) is 0 Å². The number of carbonyl (C=O) groups is 1. The van der Waals surface area contributed by atoms with Gasteiger partial charge in [-0.25, -0.2) is 4.79 Å². The molecule has 0 aliphatic carbocycles. The molecule has 5 nitrogen and oxygen atoms in total. The zero-order valence-electron chi connectivity index (χ0n) is 10.1. The van der Waals surface area contributed by atoms with Crippen LogP contribution in [0.5, 0.6) is 11.5 Å². The Morgan fingerprint density at radius 1 is 1.29 bits per heavy atom. The summed E-state index contributed by atoms with van der Waals surface area (Å²) in [6.07, 6.45) is 0. The van der Waals surface area contributed by atoms with E-state index in [0.29, 0.717) is 5.75 Å². The maximum atomic E-state index is 10.3. The fraction of sp³-hybridized carbons (Fsp3) is 0.417. The molecule has 0 saturated heterocycles. The molecule has 17 heavy (non-hydrogen) atoms. The topological polar surface area (TPSA) is 65.0 Å². The van der Waals surface area contributed by atoms with Gasteiger partial charge in [0.2, 0.25) is 0 Å². The quantitative estimate of drug-likeness (QED) is 0.818. The van der Waals surface area contributed by atoms with Gasteiger partial charge in [-0.05, 0) is 19.1 Å². The van der Waals surface area contributed by atoms with Crippen molar-refractivity contribution in [1.82, 2.24) is 0 Å². The lowest BCUT2D eigenvalue weighted by atomic mass is 10.1. The van der Waals surface area contributed by atoms with Gasteiger partial charge in [-0.1, -0.05) is 0 Å². The van der Waals surface area contributed by atoms with Gasteiger partial charge in [0, 0.05) is 11.1 Å². The van der Waals surface area contributed by atoms with Crippen LogP contribution in [0, 0.1) is 6.92 Å². The fourth-order valence-corrected chi connectivity index (χ4v) is 1.60. The third kappa shape index (κ3) is 3.35. The van der Waals surface area contributed by atoms with Crippen molar-refractivity contribution >= 4 is 5.97 Å². The second-order valence-corrected chi connectivity index (χ2v) is 3.47. The number of rotatable bonds is 6. The van der Waals surface area contributed by atoms with E-state index in [2.05, 4.69) is 0 Å². The van der Waals surface area contributed by atoms with E-state index in [-0.39, 0.29) is 13.2 Å². The SMILES string of the molecule is COc1ccc(COCC(=O)O)c(OC)c1C. The van der Waals surface area contributed by atoms with Crippen LogP contribution < -0.4 is 9.47 Å². The molecular formula is C12H16O5. The third-order valence-corrected chi connectivity index (χ3v) is 2.34. The predicted octanol–water partition coefficient (Wildman–Crippen LogP) is 1.61. The zero-order chi connectivity index (χ0) is 12.8. The first-order valence-corrected chi connectivity index (χ1v) is 5.10. The fourth-order valence-electron chi connectivity index (χ4n) is 1.60. The summed E-state index contributed by atoms with van der Waals surface area (Å²) in [5.74, 6) is 0.396. The molecule has 0 atom stereocenters. The van der Waals surface area contributed by atoms with Crippen LogP contribution in [0.1, 0.15) is 11.1 Å². The van der Waals surface area contributed by atoms with E-state index >= 15 is 0 Å². The highest BCUT2D eigenvalue weighted by atomic mass is 16.5.